The van der Waals surface area contributed by atoms with Gasteiger partial charge in [0.1, 0.15) is 5.75 Å². The van der Waals surface area contributed by atoms with Gasteiger partial charge in [-0.15, -0.1) is 12.6 Å². The second-order valence-electron chi connectivity index (χ2n) is 2.45. The van der Waals surface area contributed by atoms with E-state index in [1.54, 1.807) is 0 Å². The van der Waals surface area contributed by atoms with Gasteiger partial charge in [0.25, 0.3) is 5.91 Å². The van der Waals surface area contributed by atoms with E-state index < -0.39 is 11.7 Å². The molecule has 1 aromatic rings. The number of nitrogen functional groups attached to an aromatic ring is 1. The van der Waals surface area contributed by atoms with Crippen molar-refractivity contribution in [3.05, 3.63) is 23.5 Å². The van der Waals surface area contributed by atoms with E-state index in [4.69, 9.17) is 10.6 Å². The zero-order valence-electron chi connectivity index (χ0n) is 7.37. The molecule has 0 aliphatic carbocycles. The van der Waals surface area contributed by atoms with Gasteiger partial charge in [-0.05, 0) is 12.1 Å². The van der Waals surface area contributed by atoms with E-state index in [0.29, 0.717) is 0 Å². The van der Waals surface area contributed by atoms with Gasteiger partial charge in [-0.25, -0.2) is 10.2 Å². The lowest BCUT2D eigenvalue weighted by Crippen LogP contribution is -2.30. The normalized spacial score (nSPS) is 9.71. The number of nitrogens with one attached hydrogen (secondary N) is 1. The molecule has 0 radical (unpaired) electrons. The van der Waals surface area contributed by atoms with Gasteiger partial charge in [-0.3, -0.25) is 10.2 Å². The van der Waals surface area contributed by atoms with Crippen molar-refractivity contribution < 1.29 is 13.9 Å². The first-order valence-electron chi connectivity index (χ1n) is 3.68. The van der Waals surface area contributed by atoms with E-state index in [2.05, 4.69) is 12.6 Å². The molecule has 0 aliphatic rings. The summed E-state index contributed by atoms with van der Waals surface area (Å²) in [6, 6.07) is 2.71. The smallest absolute Gasteiger partial charge is 0.268 e. The Kier molecular flexibility index (Phi) is 3.32. The number of carbonyl (C=O) groups is 1. The molecule has 1 rings (SSSR count). The number of benzene rings is 1. The monoisotopic (exact) mass is 216 g/mol. The molecule has 0 spiro atoms. The Hall–Kier alpha value is -1.27. The lowest BCUT2D eigenvalue weighted by atomic mass is 10.2. The van der Waals surface area contributed by atoms with Gasteiger partial charge in [0.05, 0.1) is 17.6 Å². The minimum Gasteiger partial charge on any atom is -0.495 e. The van der Waals surface area contributed by atoms with Crippen LogP contribution in [0.5, 0.6) is 5.75 Å². The lowest BCUT2D eigenvalue weighted by Gasteiger charge is -2.07. The molecular formula is C8H9FN2O2S. The highest BCUT2D eigenvalue weighted by atomic mass is 32.1. The zero-order valence-corrected chi connectivity index (χ0v) is 8.27. The van der Waals surface area contributed by atoms with Crippen LogP contribution in [-0.4, -0.2) is 13.0 Å². The van der Waals surface area contributed by atoms with Gasteiger partial charge in [0.2, 0.25) is 0 Å². The van der Waals surface area contributed by atoms with Crippen molar-refractivity contribution in [1.82, 2.24) is 5.43 Å². The molecule has 1 amide bonds. The number of carbonyl (C=O) groups excluding carboxylic acids is 1. The number of ether oxygens (including phenoxy) is 1. The summed E-state index contributed by atoms with van der Waals surface area (Å²) in [5.41, 5.74) is 1.66. The number of hydrogen-bond acceptors (Lipinski definition) is 4. The molecule has 76 valence electrons. The summed E-state index contributed by atoms with van der Waals surface area (Å²) in [5, 5.41) is 0. The zero-order chi connectivity index (χ0) is 10.7. The summed E-state index contributed by atoms with van der Waals surface area (Å²) in [4.78, 5) is 11.0. The predicted octanol–water partition coefficient (Wildman–Crippen LogP) is 0.727. The Morgan fingerprint density at radius 3 is 2.79 bits per heavy atom. The standard InChI is InChI=1S/C8H9FN2O2S/c1-13-5-3-2-4(8(12)11-10)6(9)7(5)14/h2-3,14H,10H2,1H3,(H,11,12). The Labute approximate surface area is 85.6 Å². The summed E-state index contributed by atoms with van der Waals surface area (Å²) in [5.74, 6) is 3.67. The van der Waals surface area contributed by atoms with Crippen molar-refractivity contribution >= 4 is 18.5 Å². The molecular weight excluding hydrogens is 207 g/mol. The maximum atomic E-state index is 13.4. The molecule has 0 heterocycles. The van der Waals surface area contributed by atoms with Crippen molar-refractivity contribution in [2.24, 2.45) is 5.84 Å². The number of amides is 1. The first-order chi connectivity index (χ1) is 6.61. The number of halogens is 1. The van der Waals surface area contributed by atoms with E-state index in [9.17, 15) is 9.18 Å². The molecule has 14 heavy (non-hydrogen) atoms. The van der Waals surface area contributed by atoms with Crippen LogP contribution in [0.2, 0.25) is 0 Å². The van der Waals surface area contributed by atoms with Crippen LogP contribution in [0.25, 0.3) is 0 Å². The third kappa shape index (κ3) is 1.80. The second kappa shape index (κ2) is 4.30. The second-order valence-corrected chi connectivity index (χ2v) is 2.90. The van der Waals surface area contributed by atoms with Crippen molar-refractivity contribution in [3.8, 4) is 5.75 Å². The fourth-order valence-corrected chi connectivity index (χ4v) is 1.25. The van der Waals surface area contributed by atoms with E-state index in [1.807, 2.05) is 5.43 Å². The summed E-state index contributed by atoms with van der Waals surface area (Å²) >= 11 is 3.87. The predicted molar refractivity (Wildman–Crippen MR) is 51.9 cm³/mol. The molecule has 0 aliphatic heterocycles. The van der Waals surface area contributed by atoms with E-state index >= 15 is 0 Å². The molecule has 4 nitrogen and oxygen atoms in total. The van der Waals surface area contributed by atoms with E-state index in [-0.39, 0.29) is 16.2 Å². The van der Waals surface area contributed by atoms with Crippen LogP contribution in [0.15, 0.2) is 17.0 Å². The molecule has 0 atom stereocenters. The number of nitrogens with two attached hydrogens (primary N) is 1. The fourth-order valence-electron chi connectivity index (χ4n) is 0.965. The number of hydrogen-bond donors (Lipinski definition) is 3. The van der Waals surface area contributed by atoms with Crippen LogP contribution in [0.3, 0.4) is 0 Å². The van der Waals surface area contributed by atoms with Crippen molar-refractivity contribution in [3.63, 3.8) is 0 Å². The number of methoxy groups -OCH3 is 1. The molecule has 3 N–H and O–H groups in total. The highest BCUT2D eigenvalue weighted by Crippen LogP contribution is 2.27. The molecule has 0 bridgehead atoms. The number of rotatable bonds is 2. The van der Waals surface area contributed by atoms with Gasteiger partial charge in [0.15, 0.2) is 5.82 Å². The summed E-state index contributed by atoms with van der Waals surface area (Å²) in [6.07, 6.45) is 0. The molecule has 0 saturated heterocycles. The maximum Gasteiger partial charge on any atom is 0.268 e. The molecule has 0 fully saturated rings. The topological polar surface area (TPSA) is 64.3 Å². The van der Waals surface area contributed by atoms with Crippen LogP contribution in [0.1, 0.15) is 10.4 Å². The van der Waals surface area contributed by atoms with Crippen LogP contribution in [0.4, 0.5) is 4.39 Å². The third-order valence-electron chi connectivity index (χ3n) is 1.67. The fraction of sp³-hybridized carbons (Fsp3) is 0.125. The average molecular weight is 216 g/mol. The van der Waals surface area contributed by atoms with Gasteiger partial charge >= 0.3 is 0 Å². The van der Waals surface area contributed by atoms with Crippen molar-refractivity contribution in [2.45, 2.75) is 4.90 Å². The van der Waals surface area contributed by atoms with Crippen LogP contribution in [0, 0.1) is 5.82 Å². The third-order valence-corrected chi connectivity index (χ3v) is 2.09. The van der Waals surface area contributed by atoms with Crippen LogP contribution < -0.4 is 16.0 Å². The van der Waals surface area contributed by atoms with E-state index in [0.717, 1.165) is 0 Å². The van der Waals surface area contributed by atoms with Gasteiger partial charge in [-0.2, -0.15) is 0 Å². The molecule has 6 heteroatoms. The van der Waals surface area contributed by atoms with Gasteiger partial charge in [0, 0.05) is 0 Å². The summed E-state index contributed by atoms with van der Waals surface area (Å²) < 4.78 is 18.2. The summed E-state index contributed by atoms with van der Waals surface area (Å²) in [6.45, 7) is 0. The number of hydrazine groups is 1. The van der Waals surface area contributed by atoms with Crippen molar-refractivity contribution in [2.75, 3.05) is 7.11 Å². The SMILES string of the molecule is COc1ccc(C(=O)NN)c(F)c1S. The van der Waals surface area contributed by atoms with Crippen LogP contribution >= 0.6 is 12.6 Å². The quantitative estimate of drug-likeness (QED) is 0.295. The van der Waals surface area contributed by atoms with Gasteiger partial charge < -0.3 is 4.74 Å². The Morgan fingerprint density at radius 1 is 1.64 bits per heavy atom. The first kappa shape index (κ1) is 10.8. The Morgan fingerprint density at radius 2 is 2.29 bits per heavy atom. The van der Waals surface area contributed by atoms with E-state index in [1.165, 1.54) is 19.2 Å². The van der Waals surface area contributed by atoms with Gasteiger partial charge in [-0.1, -0.05) is 0 Å². The maximum absolute atomic E-state index is 13.4. The van der Waals surface area contributed by atoms with Crippen LogP contribution in [-0.2, 0) is 0 Å². The van der Waals surface area contributed by atoms with Crippen molar-refractivity contribution in [1.29, 1.82) is 0 Å². The Bertz CT molecular complexity index is 371. The summed E-state index contributed by atoms with van der Waals surface area (Å²) in [7, 11) is 1.39. The molecule has 1 aromatic carbocycles. The molecule has 0 aromatic heterocycles. The minimum atomic E-state index is -0.754. The largest absolute Gasteiger partial charge is 0.495 e. The number of thiol groups is 1. The minimum absolute atomic E-state index is 0.0198. The average Bonchev–Trinajstić information content (AvgIpc) is 2.21. The Balaban J connectivity index is 3.24. The first-order valence-corrected chi connectivity index (χ1v) is 4.13. The molecule has 0 saturated carbocycles. The lowest BCUT2D eigenvalue weighted by molar-refractivity contribution is 0.0949. The highest BCUT2D eigenvalue weighted by Gasteiger charge is 2.15. The molecule has 0 unspecified atom stereocenters. The highest BCUT2D eigenvalue weighted by molar-refractivity contribution is 7.80.